The summed E-state index contributed by atoms with van der Waals surface area (Å²) in [5.41, 5.74) is 12.9. The number of hydrogen-bond donors (Lipinski definition) is 2. The number of fused-ring (bicyclic) bond motifs is 1. The van der Waals surface area contributed by atoms with Crippen LogP contribution in [-0.4, -0.2) is 4.98 Å². The zero-order valence-corrected chi connectivity index (χ0v) is 8.60. The Balaban J connectivity index is 2.95. The van der Waals surface area contributed by atoms with E-state index in [4.69, 9.17) is 34.7 Å². The number of halogens is 2. The summed E-state index contributed by atoms with van der Waals surface area (Å²) < 4.78 is 0. The maximum Gasteiger partial charge on any atom is 0.0911 e. The highest BCUT2D eigenvalue weighted by atomic mass is 35.5. The first kappa shape index (κ1) is 9.37. The van der Waals surface area contributed by atoms with E-state index in [0.717, 1.165) is 0 Å². The van der Waals surface area contributed by atoms with Crippen molar-refractivity contribution >= 4 is 45.5 Å². The van der Waals surface area contributed by atoms with Gasteiger partial charge in [0.1, 0.15) is 0 Å². The molecule has 0 bridgehead atoms. The number of anilines is 2. The van der Waals surface area contributed by atoms with Crippen molar-refractivity contribution in [2.45, 2.75) is 0 Å². The molecule has 72 valence electrons. The van der Waals surface area contributed by atoms with Crippen molar-refractivity contribution in [3.05, 3.63) is 28.4 Å². The van der Waals surface area contributed by atoms with Gasteiger partial charge in [0.15, 0.2) is 0 Å². The van der Waals surface area contributed by atoms with E-state index in [1.54, 1.807) is 12.1 Å². The van der Waals surface area contributed by atoms with E-state index in [0.29, 0.717) is 32.3 Å². The third-order valence-electron chi connectivity index (χ3n) is 1.96. The van der Waals surface area contributed by atoms with Gasteiger partial charge in [0, 0.05) is 10.4 Å². The third kappa shape index (κ3) is 1.35. The maximum absolute atomic E-state index is 5.94. The molecule has 0 saturated heterocycles. The highest BCUT2D eigenvalue weighted by molar-refractivity contribution is 6.38. The van der Waals surface area contributed by atoms with Crippen molar-refractivity contribution in [2.24, 2.45) is 0 Å². The van der Waals surface area contributed by atoms with Crippen LogP contribution < -0.4 is 11.5 Å². The molecule has 4 N–H and O–H groups in total. The molecule has 0 saturated carbocycles. The van der Waals surface area contributed by atoms with Gasteiger partial charge >= 0.3 is 0 Å². The maximum atomic E-state index is 5.94. The second kappa shape index (κ2) is 3.19. The van der Waals surface area contributed by atoms with Gasteiger partial charge in [0.05, 0.1) is 28.1 Å². The summed E-state index contributed by atoms with van der Waals surface area (Å²) in [7, 11) is 0. The SMILES string of the molecule is Nc1cnc2c(Cl)cc(Cl)cc2c1N. The summed E-state index contributed by atoms with van der Waals surface area (Å²) in [5, 5.41) is 1.67. The van der Waals surface area contributed by atoms with Crippen LogP contribution in [0.2, 0.25) is 10.0 Å². The molecule has 2 aromatic rings. The highest BCUT2D eigenvalue weighted by Crippen LogP contribution is 2.32. The van der Waals surface area contributed by atoms with E-state index in [-0.39, 0.29) is 0 Å². The molecule has 1 heterocycles. The molecule has 1 aromatic carbocycles. The van der Waals surface area contributed by atoms with Gasteiger partial charge < -0.3 is 11.5 Å². The van der Waals surface area contributed by atoms with Crippen molar-refractivity contribution < 1.29 is 0 Å². The first-order valence-electron chi connectivity index (χ1n) is 3.88. The minimum absolute atomic E-state index is 0.427. The number of pyridine rings is 1. The number of nitrogens with zero attached hydrogens (tertiary/aromatic N) is 1. The molecular formula is C9H7Cl2N3. The van der Waals surface area contributed by atoms with Crippen LogP contribution in [0.15, 0.2) is 18.3 Å². The molecule has 0 fully saturated rings. The van der Waals surface area contributed by atoms with Crippen molar-refractivity contribution in [3.63, 3.8) is 0 Å². The summed E-state index contributed by atoms with van der Waals surface area (Å²) >= 11 is 11.8. The molecule has 0 spiro atoms. The summed E-state index contributed by atoms with van der Waals surface area (Å²) in [6.45, 7) is 0. The minimum Gasteiger partial charge on any atom is -0.396 e. The predicted octanol–water partition coefficient (Wildman–Crippen LogP) is 2.71. The van der Waals surface area contributed by atoms with Crippen LogP contribution in [0, 0.1) is 0 Å². The van der Waals surface area contributed by atoms with E-state index in [1.165, 1.54) is 6.20 Å². The van der Waals surface area contributed by atoms with Gasteiger partial charge in [-0.1, -0.05) is 23.2 Å². The second-order valence-electron chi connectivity index (χ2n) is 2.91. The average molecular weight is 228 g/mol. The van der Waals surface area contributed by atoms with Gasteiger partial charge in [-0.05, 0) is 12.1 Å². The Labute approximate surface area is 90.6 Å². The van der Waals surface area contributed by atoms with Crippen LogP contribution in [-0.2, 0) is 0 Å². The Morgan fingerprint density at radius 2 is 1.86 bits per heavy atom. The topological polar surface area (TPSA) is 64.9 Å². The molecule has 1 aromatic heterocycles. The lowest BCUT2D eigenvalue weighted by Gasteiger charge is -2.06. The largest absolute Gasteiger partial charge is 0.396 e. The monoisotopic (exact) mass is 227 g/mol. The Kier molecular flexibility index (Phi) is 2.13. The van der Waals surface area contributed by atoms with Crippen LogP contribution in [0.25, 0.3) is 10.9 Å². The van der Waals surface area contributed by atoms with Crippen LogP contribution in [0.5, 0.6) is 0 Å². The van der Waals surface area contributed by atoms with Gasteiger partial charge in [-0.25, -0.2) is 0 Å². The lowest BCUT2D eigenvalue weighted by molar-refractivity contribution is 1.41. The zero-order valence-electron chi connectivity index (χ0n) is 7.09. The highest BCUT2D eigenvalue weighted by Gasteiger charge is 2.07. The standard InChI is InChI=1S/C9H7Cl2N3/c10-4-1-5-8(13)7(12)3-14-9(5)6(11)2-4/h1-3H,12H2,(H2,13,14). The van der Waals surface area contributed by atoms with Crippen molar-refractivity contribution in [3.8, 4) is 0 Å². The van der Waals surface area contributed by atoms with Crippen LogP contribution in [0.1, 0.15) is 0 Å². The molecule has 0 aliphatic heterocycles. The van der Waals surface area contributed by atoms with E-state index >= 15 is 0 Å². The predicted molar refractivity (Wildman–Crippen MR) is 60.6 cm³/mol. The molecule has 0 aliphatic carbocycles. The molecule has 0 unspecified atom stereocenters. The normalized spacial score (nSPS) is 10.7. The Morgan fingerprint density at radius 3 is 2.57 bits per heavy atom. The number of aromatic nitrogens is 1. The fourth-order valence-electron chi connectivity index (χ4n) is 1.26. The van der Waals surface area contributed by atoms with Gasteiger partial charge in [0.25, 0.3) is 0 Å². The van der Waals surface area contributed by atoms with Crippen molar-refractivity contribution in [2.75, 3.05) is 11.5 Å². The van der Waals surface area contributed by atoms with Gasteiger partial charge in [-0.2, -0.15) is 0 Å². The van der Waals surface area contributed by atoms with Gasteiger partial charge in [0.2, 0.25) is 0 Å². The molecular weight excluding hydrogens is 221 g/mol. The fourth-order valence-corrected chi connectivity index (χ4v) is 1.80. The molecule has 2 rings (SSSR count). The van der Waals surface area contributed by atoms with Crippen LogP contribution >= 0.6 is 23.2 Å². The molecule has 0 aliphatic rings. The van der Waals surface area contributed by atoms with Crippen molar-refractivity contribution in [1.29, 1.82) is 0 Å². The molecule has 14 heavy (non-hydrogen) atoms. The summed E-state index contributed by atoms with van der Waals surface area (Å²) in [6.07, 6.45) is 1.48. The van der Waals surface area contributed by atoms with Gasteiger partial charge in [-0.3, -0.25) is 4.98 Å². The Hall–Kier alpha value is -1.19. The Bertz CT molecular complexity index is 511. The fraction of sp³-hybridized carbons (Fsp3) is 0. The quantitative estimate of drug-likeness (QED) is 0.728. The number of benzene rings is 1. The van der Waals surface area contributed by atoms with Crippen molar-refractivity contribution in [1.82, 2.24) is 4.98 Å². The van der Waals surface area contributed by atoms with E-state index < -0.39 is 0 Å². The van der Waals surface area contributed by atoms with E-state index in [1.807, 2.05) is 0 Å². The molecule has 3 nitrogen and oxygen atoms in total. The number of rotatable bonds is 0. The summed E-state index contributed by atoms with van der Waals surface area (Å²) in [4.78, 5) is 4.09. The average Bonchev–Trinajstić information content (AvgIpc) is 2.12. The molecule has 0 amide bonds. The smallest absolute Gasteiger partial charge is 0.0911 e. The molecule has 0 atom stereocenters. The van der Waals surface area contributed by atoms with E-state index in [2.05, 4.69) is 4.98 Å². The summed E-state index contributed by atoms with van der Waals surface area (Å²) in [6, 6.07) is 3.32. The lowest BCUT2D eigenvalue weighted by Crippen LogP contribution is -1.97. The number of nitrogen functional groups attached to an aromatic ring is 2. The molecule has 5 heteroatoms. The van der Waals surface area contributed by atoms with E-state index in [9.17, 15) is 0 Å². The second-order valence-corrected chi connectivity index (χ2v) is 3.75. The first-order chi connectivity index (χ1) is 6.59. The lowest BCUT2D eigenvalue weighted by atomic mass is 10.2. The van der Waals surface area contributed by atoms with Crippen LogP contribution in [0.4, 0.5) is 11.4 Å². The zero-order chi connectivity index (χ0) is 10.3. The number of hydrogen-bond acceptors (Lipinski definition) is 3. The summed E-state index contributed by atoms with van der Waals surface area (Å²) in [5.74, 6) is 0. The number of nitrogens with two attached hydrogens (primary N) is 2. The van der Waals surface area contributed by atoms with Gasteiger partial charge in [-0.15, -0.1) is 0 Å². The third-order valence-corrected chi connectivity index (χ3v) is 2.47. The molecule has 0 radical (unpaired) electrons. The Morgan fingerprint density at radius 1 is 1.14 bits per heavy atom. The minimum atomic E-state index is 0.427. The van der Waals surface area contributed by atoms with Crippen LogP contribution in [0.3, 0.4) is 0 Å². The first-order valence-corrected chi connectivity index (χ1v) is 4.64.